The average Bonchev–Trinajstić information content (AvgIpc) is 2.67. The summed E-state index contributed by atoms with van der Waals surface area (Å²) in [5.74, 6) is 0. The van der Waals surface area contributed by atoms with Crippen LogP contribution < -0.4 is 5.32 Å². The second-order valence-corrected chi connectivity index (χ2v) is 6.44. The highest BCUT2D eigenvalue weighted by molar-refractivity contribution is 4.92. The molecule has 0 aromatic heterocycles. The summed E-state index contributed by atoms with van der Waals surface area (Å²) in [5, 5.41) is 3.58. The molecule has 4 heteroatoms. The van der Waals surface area contributed by atoms with Gasteiger partial charge in [-0.05, 0) is 53.1 Å². The lowest BCUT2D eigenvalue weighted by Gasteiger charge is -2.31. The Labute approximate surface area is 124 Å². The van der Waals surface area contributed by atoms with Crippen LogP contribution in [0.5, 0.6) is 0 Å². The van der Waals surface area contributed by atoms with E-state index in [-0.39, 0.29) is 0 Å². The quantitative estimate of drug-likeness (QED) is 0.684. The molecule has 0 amide bonds. The molecule has 2 aliphatic heterocycles. The van der Waals surface area contributed by atoms with E-state index >= 15 is 0 Å². The van der Waals surface area contributed by atoms with Crippen LogP contribution in [0.15, 0.2) is 0 Å². The van der Waals surface area contributed by atoms with Crippen molar-refractivity contribution in [1.82, 2.24) is 15.1 Å². The van der Waals surface area contributed by atoms with Crippen LogP contribution in [0.25, 0.3) is 0 Å². The van der Waals surface area contributed by atoms with Crippen molar-refractivity contribution in [2.75, 3.05) is 46.4 Å². The van der Waals surface area contributed by atoms with Gasteiger partial charge >= 0.3 is 0 Å². The van der Waals surface area contributed by atoms with Crippen molar-refractivity contribution in [2.24, 2.45) is 0 Å². The normalized spacial score (nSPS) is 29.6. The summed E-state index contributed by atoms with van der Waals surface area (Å²) < 4.78 is 5.36. The average molecular weight is 283 g/mol. The highest BCUT2D eigenvalue weighted by atomic mass is 16.5. The van der Waals surface area contributed by atoms with E-state index in [4.69, 9.17) is 4.74 Å². The molecular weight excluding hydrogens is 250 g/mol. The zero-order valence-corrected chi connectivity index (χ0v) is 13.6. The Hall–Kier alpha value is -0.160. The smallest absolute Gasteiger partial charge is 0.0477 e. The Morgan fingerprint density at radius 3 is 2.85 bits per heavy atom. The van der Waals surface area contributed by atoms with Gasteiger partial charge in [0, 0.05) is 51.0 Å². The maximum Gasteiger partial charge on any atom is 0.0477 e. The van der Waals surface area contributed by atoms with Gasteiger partial charge in [0.2, 0.25) is 0 Å². The van der Waals surface area contributed by atoms with Gasteiger partial charge < -0.3 is 10.1 Å². The first-order valence-electron chi connectivity index (χ1n) is 8.46. The molecule has 2 rings (SSSR count). The van der Waals surface area contributed by atoms with Crippen LogP contribution in [0, 0.1) is 0 Å². The minimum atomic E-state index is 0.648. The Morgan fingerprint density at radius 2 is 2.05 bits per heavy atom. The molecule has 2 bridgehead atoms. The van der Waals surface area contributed by atoms with Crippen molar-refractivity contribution in [1.29, 1.82) is 0 Å². The minimum Gasteiger partial charge on any atom is -0.382 e. The van der Waals surface area contributed by atoms with Crippen LogP contribution >= 0.6 is 0 Å². The first kappa shape index (κ1) is 16.2. The Bertz CT molecular complexity index is 274. The Balaban J connectivity index is 1.64. The molecule has 0 aromatic carbocycles. The largest absolute Gasteiger partial charge is 0.382 e. The fourth-order valence-corrected chi connectivity index (χ4v) is 3.62. The van der Waals surface area contributed by atoms with Gasteiger partial charge in [-0.15, -0.1) is 0 Å². The fourth-order valence-electron chi connectivity index (χ4n) is 3.62. The Kier molecular flexibility index (Phi) is 6.75. The summed E-state index contributed by atoms with van der Waals surface area (Å²) >= 11 is 0. The van der Waals surface area contributed by atoms with E-state index in [0.717, 1.165) is 44.8 Å². The second kappa shape index (κ2) is 8.32. The number of hydrogen-bond donors (Lipinski definition) is 1. The molecule has 2 saturated heterocycles. The monoisotopic (exact) mass is 283 g/mol. The summed E-state index contributed by atoms with van der Waals surface area (Å²) in [4.78, 5) is 5.32. The molecule has 1 N–H and O–H groups in total. The van der Waals surface area contributed by atoms with E-state index in [1.54, 1.807) is 0 Å². The number of likely N-dealkylation sites (tertiary alicyclic amines) is 1. The van der Waals surface area contributed by atoms with E-state index < -0.39 is 0 Å². The van der Waals surface area contributed by atoms with Crippen molar-refractivity contribution in [3.63, 3.8) is 0 Å². The number of nitrogens with one attached hydrogen (secondary N) is 1. The number of ether oxygens (including phenoxy) is 1. The number of fused-ring (bicyclic) bond motifs is 2. The van der Waals surface area contributed by atoms with Gasteiger partial charge in [0.15, 0.2) is 0 Å². The van der Waals surface area contributed by atoms with Crippen LogP contribution in [-0.4, -0.2) is 74.4 Å². The van der Waals surface area contributed by atoms with Crippen molar-refractivity contribution in [3.8, 4) is 0 Å². The molecule has 2 fully saturated rings. The van der Waals surface area contributed by atoms with Crippen LogP contribution in [0.1, 0.15) is 39.5 Å². The molecular formula is C16H33N3O. The van der Waals surface area contributed by atoms with Crippen LogP contribution in [0.3, 0.4) is 0 Å². The molecule has 3 atom stereocenters. The molecule has 0 saturated carbocycles. The second-order valence-electron chi connectivity index (χ2n) is 6.44. The summed E-state index contributed by atoms with van der Waals surface area (Å²) in [6.07, 6.45) is 5.28. The summed E-state index contributed by atoms with van der Waals surface area (Å²) in [5.41, 5.74) is 0. The minimum absolute atomic E-state index is 0.648. The summed E-state index contributed by atoms with van der Waals surface area (Å²) in [7, 11) is 2.32. The zero-order chi connectivity index (χ0) is 14.4. The topological polar surface area (TPSA) is 27.7 Å². The third kappa shape index (κ3) is 4.42. The van der Waals surface area contributed by atoms with Gasteiger partial charge in [-0.25, -0.2) is 0 Å². The zero-order valence-electron chi connectivity index (χ0n) is 13.6. The predicted molar refractivity (Wildman–Crippen MR) is 84.2 cm³/mol. The van der Waals surface area contributed by atoms with Crippen molar-refractivity contribution in [2.45, 2.75) is 57.7 Å². The first-order chi connectivity index (χ1) is 9.72. The fraction of sp³-hybridized carbons (Fsp3) is 1.00. The van der Waals surface area contributed by atoms with Gasteiger partial charge in [0.25, 0.3) is 0 Å². The number of hydrogen-bond acceptors (Lipinski definition) is 4. The molecule has 0 aliphatic carbocycles. The summed E-state index contributed by atoms with van der Waals surface area (Å²) in [6, 6.07) is 2.29. The molecule has 0 spiro atoms. The lowest BCUT2D eigenvalue weighted by Crippen LogP contribution is -2.45. The molecule has 0 aromatic rings. The van der Waals surface area contributed by atoms with Crippen molar-refractivity contribution in [3.05, 3.63) is 0 Å². The SMILES string of the molecule is CCOCCCNCC(C)N1CCC2CCC(C1)N2C. The van der Waals surface area contributed by atoms with E-state index in [9.17, 15) is 0 Å². The molecule has 4 nitrogen and oxygen atoms in total. The standard InChI is InChI=1S/C16H33N3O/c1-4-20-11-5-9-17-12-14(2)19-10-8-15-6-7-16(13-19)18(15)3/h14-17H,4-13H2,1-3H3. The molecule has 3 unspecified atom stereocenters. The van der Waals surface area contributed by atoms with Crippen LogP contribution in [0.2, 0.25) is 0 Å². The predicted octanol–water partition coefficient (Wildman–Crippen LogP) is 1.56. The van der Waals surface area contributed by atoms with Gasteiger partial charge in [-0.3, -0.25) is 9.80 Å². The molecule has 2 aliphatic rings. The maximum absolute atomic E-state index is 5.36. The molecule has 20 heavy (non-hydrogen) atoms. The lowest BCUT2D eigenvalue weighted by molar-refractivity contribution is 0.142. The lowest BCUT2D eigenvalue weighted by atomic mass is 10.1. The Morgan fingerprint density at radius 1 is 1.25 bits per heavy atom. The third-order valence-electron chi connectivity index (χ3n) is 5.09. The molecule has 118 valence electrons. The number of rotatable bonds is 8. The highest BCUT2D eigenvalue weighted by Crippen LogP contribution is 2.28. The van der Waals surface area contributed by atoms with E-state index in [1.165, 1.54) is 32.4 Å². The van der Waals surface area contributed by atoms with Crippen molar-refractivity contribution >= 4 is 0 Å². The van der Waals surface area contributed by atoms with E-state index in [2.05, 4.69) is 36.0 Å². The molecule has 2 heterocycles. The van der Waals surface area contributed by atoms with E-state index in [0.29, 0.717) is 6.04 Å². The summed E-state index contributed by atoms with van der Waals surface area (Å²) in [6.45, 7) is 10.9. The first-order valence-corrected chi connectivity index (χ1v) is 8.46. The third-order valence-corrected chi connectivity index (χ3v) is 5.09. The van der Waals surface area contributed by atoms with Crippen LogP contribution in [0.4, 0.5) is 0 Å². The van der Waals surface area contributed by atoms with Crippen molar-refractivity contribution < 1.29 is 4.74 Å². The molecule has 0 radical (unpaired) electrons. The van der Waals surface area contributed by atoms with E-state index in [1.807, 2.05) is 0 Å². The van der Waals surface area contributed by atoms with Gasteiger partial charge in [0.1, 0.15) is 0 Å². The van der Waals surface area contributed by atoms with Gasteiger partial charge in [0.05, 0.1) is 0 Å². The highest BCUT2D eigenvalue weighted by Gasteiger charge is 2.35. The van der Waals surface area contributed by atoms with Gasteiger partial charge in [-0.1, -0.05) is 0 Å². The number of nitrogens with zero attached hydrogens (tertiary/aromatic N) is 2. The van der Waals surface area contributed by atoms with Gasteiger partial charge in [-0.2, -0.15) is 0 Å². The number of likely N-dealkylation sites (N-methyl/N-ethyl adjacent to an activating group) is 1. The van der Waals surface area contributed by atoms with Crippen LogP contribution in [-0.2, 0) is 4.74 Å². The maximum atomic E-state index is 5.36.